The van der Waals surface area contributed by atoms with Crippen LogP contribution in [0.5, 0.6) is 0 Å². The number of rotatable bonds is 11. The molecule has 0 bridgehead atoms. The number of amidine groups is 1. The monoisotopic (exact) mass is 616 g/mol. The quantitative estimate of drug-likeness (QED) is 0.120. The van der Waals surface area contributed by atoms with Crippen molar-refractivity contribution in [3.63, 3.8) is 0 Å². The summed E-state index contributed by atoms with van der Waals surface area (Å²) >= 11 is 6.34. The first-order valence-corrected chi connectivity index (χ1v) is 16.4. The number of nitrogens with two attached hydrogens (primary N) is 1. The maximum atomic E-state index is 15.2. The van der Waals surface area contributed by atoms with E-state index in [4.69, 9.17) is 17.3 Å². The first kappa shape index (κ1) is 30.5. The molecule has 1 aliphatic carbocycles. The lowest BCUT2D eigenvalue weighted by molar-refractivity contribution is 0.315. The van der Waals surface area contributed by atoms with Crippen LogP contribution in [-0.4, -0.2) is 33.0 Å². The summed E-state index contributed by atoms with van der Waals surface area (Å²) in [5.74, 6) is 1.77. The molecule has 4 N–H and O–H groups in total. The SMILES string of the molecule is CC(N)=NCC[C@@H]1CCC[C@@H](c2ccc(-n3cc4cc(-c5cc(CCC[C@@H](C)C6CC6)cc(Cl)c5F)[nH]c4nc3=O)cc2)N1. The lowest BCUT2D eigenvalue weighted by atomic mass is 9.92. The van der Waals surface area contributed by atoms with Crippen LogP contribution in [-0.2, 0) is 6.42 Å². The van der Waals surface area contributed by atoms with E-state index in [1.165, 1.54) is 29.4 Å². The highest BCUT2D eigenvalue weighted by molar-refractivity contribution is 6.31. The molecule has 9 heteroatoms. The average molecular weight is 617 g/mol. The van der Waals surface area contributed by atoms with E-state index in [1.54, 1.807) is 12.3 Å². The van der Waals surface area contributed by atoms with E-state index < -0.39 is 11.5 Å². The van der Waals surface area contributed by atoms with Gasteiger partial charge in [0.1, 0.15) is 5.65 Å². The normalized spacial score (nSPS) is 19.9. The number of hydrogen-bond donors (Lipinski definition) is 3. The molecule has 6 rings (SSSR count). The van der Waals surface area contributed by atoms with Crippen molar-refractivity contribution in [1.29, 1.82) is 0 Å². The van der Waals surface area contributed by atoms with E-state index in [0.29, 0.717) is 28.8 Å². The van der Waals surface area contributed by atoms with Crippen molar-refractivity contribution < 1.29 is 4.39 Å². The molecular formula is C35H42ClFN6O. The van der Waals surface area contributed by atoms with Gasteiger partial charge in [-0.25, -0.2) is 9.18 Å². The smallest absolute Gasteiger partial charge is 0.354 e. The lowest BCUT2D eigenvalue weighted by Crippen LogP contribution is -2.37. The average Bonchev–Trinajstić information content (AvgIpc) is 3.78. The number of hydrogen-bond acceptors (Lipinski definition) is 4. The molecule has 2 aromatic carbocycles. The Labute approximate surface area is 263 Å². The van der Waals surface area contributed by atoms with Gasteiger partial charge in [0.15, 0.2) is 5.82 Å². The number of aromatic amines is 1. The zero-order chi connectivity index (χ0) is 30.8. The van der Waals surface area contributed by atoms with E-state index in [1.807, 2.05) is 31.2 Å². The van der Waals surface area contributed by atoms with Gasteiger partial charge in [0, 0.05) is 35.8 Å². The van der Waals surface area contributed by atoms with Crippen molar-refractivity contribution in [2.45, 2.75) is 83.7 Å². The molecule has 0 unspecified atom stereocenters. The lowest BCUT2D eigenvalue weighted by Gasteiger charge is -2.31. The van der Waals surface area contributed by atoms with Gasteiger partial charge >= 0.3 is 5.69 Å². The molecule has 3 heterocycles. The molecule has 2 aliphatic rings. The van der Waals surface area contributed by atoms with Gasteiger partial charge in [0.25, 0.3) is 0 Å². The van der Waals surface area contributed by atoms with E-state index >= 15 is 4.39 Å². The number of aromatic nitrogens is 3. The molecule has 3 atom stereocenters. The number of halogens is 2. The molecular weight excluding hydrogens is 575 g/mol. The molecule has 0 amide bonds. The molecule has 232 valence electrons. The predicted octanol–water partition coefficient (Wildman–Crippen LogP) is 7.49. The second kappa shape index (κ2) is 13.2. The van der Waals surface area contributed by atoms with Crippen LogP contribution in [0, 0.1) is 17.7 Å². The Morgan fingerprint density at radius 3 is 2.73 bits per heavy atom. The Balaban J connectivity index is 1.18. The van der Waals surface area contributed by atoms with Crippen molar-refractivity contribution in [1.82, 2.24) is 19.9 Å². The molecule has 1 saturated heterocycles. The Hall–Kier alpha value is -3.49. The van der Waals surface area contributed by atoms with Crippen molar-refractivity contribution in [3.05, 3.63) is 81.1 Å². The fraction of sp³-hybridized carbons (Fsp3) is 0.457. The summed E-state index contributed by atoms with van der Waals surface area (Å²) < 4.78 is 16.8. The minimum absolute atomic E-state index is 0.108. The third kappa shape index (κ3) is 7.08. The molecule has 1 saturated carbocycles. The standard InChI is InChI=1S/C35H42ClFN6O/c1-21(24-9-10-24)5-3-6-23-17-29(33(37)30(36)18-23)32-19-26-20-43(35(44)42-34(26)41-32)28-13-11-25(12-14-28)31-8-4-7-27(40-31)15-16-39-22(2)38/h11-14,17-21,24,27,31,40H,3-10,15-16H2,1-2H3,(H2,38,39)(H,41,42,44)/t21-,27+,31+/m1/s1. The third-order valence-electron chi connectivity index (χ3n) is 9.33. The summed E-state index contributed by atoms with van der Waals surface area (Å²) in [6.45, 7) is 4.88. The Morgan fingerprint density at radius 2 is 1.98 bits per heavy atom. The number of piperidine rings is 1. The maximum Gasteiger partial charge on any atom is 0.354 e. The van der Waals surface area contributed by atoms with E-state index in [-0.39, 0.29) is 11.1 Å². The maximum absolute atomic E-state index is 15.2. The van der Waals surface area contributed by atoms with Crippen LogP contribution in [0.15, 0.2) is 58.4 Å². The van der Waals surface area contributed by atoms with Crippen molar-refractivity contribution in [2.24, 2.45) is 22.6 Å². The van der Waals surface area contributed by atoms with Crippen molar-refractivity contribution in [3.8, 4) is 16.9 Å². The number of fused-ring (bicyclic) bond motifs is 1. The zero-order valence-corrected chi connectivity index (χ0v) is 26.3. The van der Waals surface area contributed by atoms with Gasteiger partial charge in [0.05, 0.1) is 22.2 Å². The number of aliphatic imine (C=N–C) groups is 1. The summed E-state index contributed by atoms with van der Waals surface area (Å²) in [4.78, 5) is 24.8. The van der Waals surface area contributed by atoms with Gasteiger partial charge < -0.3 is 16.0 Å². The van der Waals surface area contributed by atoms with Gasteiger partial charge in [-0.15, -0.1) is 0 Å². The van der Waals surface area contributed by atoms with Crippen LogP contribution >= 0.6 is 11.6 Å². The number of benzene rings is 2. The van der Waals surface area contributed by atoms with Crippen molar-refractivity contribution in [2.75, 3.05) is 6.54 Å². The van der Waals surface area contributed by atoms with Crippen LogP contribution in [0.3, 0.4) is 0 Å². The van der Waals surface area contributed by atoms with Crippen LogP contribution in [0.1, 0.15) is 82.4 Å². The molecule has 7 nitrogen and oxygen atoms in total. The first-order chi connectivity index (χ1) is 21.2. The van der Waals surface area contributed by atoms with E-state index in [9.17, 15) is 4.79 Å². The number of aryl methyl sites for hydroxylation is 1. The first-order valence-electron chi connectivity index (χ1n) is 16.0. The Bertz CT molecular complexity index is 1700. The molecule has 0 radical (unpaired) electrons. The fourth-order valence-corrected chi connectivity index (χ4v) is 6.86. The molecule has 2 fully saturated rings. The van der Waals surface area contributed by atoms with Crippen molar-refractivity contribution >= 4 is 28.5 Å². The second-order valence-corrected chi connectivity index (χ2v) is 13.2. The predicted molar refractivity (Wildman–Crippen MR) is 177 cm³/mol. The summed E-state index contributed by atoms with van der Waals surface area (Å²) in [6, 6.07) is 14.2. The largest absolute Gasteiger partial charge is 0.388 e. The third-order valence-corrected chi connectivity index (χ3v) is 9.61. The molecule has 44 heavy (non-hydrogen) atoms. The summed E-state index contributed by atoms with van der Waals surface area (Å²) in [5.41, 5.74) is 9.59. The number of H-pyrrole nitrogens is 1. The van der Waals surface area contributed by atoms with Gasteiger partial charge in [0.2, 0.25) is 0 Å². The van der Waals surface area contributed by atoms with E-state index in [0.717, 1.165) is 73.5 Å². The Morgan fingerprint density at radius 1 is 1.18 bits per heavy atom. The fourth-order valence-electron chi connectivity index (χ4n) is 6.61. The number of nitrogens with one attached hydrogen (secondary N) is 2. The topological polar surface area (TPSA) is 101 Å². The van der Waals surface area contributed by atoms with Gasteiger partial charge in [-0.3, -0.25) is 9.56 Å². The highest BCUT2D eigenvalue weighted by Crippen LogP contribution is 2.39. The zero-order valence-electron chi connectivity index (χ0n) is 25.6. The molecule has 4 aromatic rings. The van der Waals surface area contributed by atoms with Gasteiger partial charge in [-0.05, 0) is 105 Å². The minimum Gasteiger partial charge on any atom is -0.388 e. The Kier molecular flexibility index (Phi) is 9.19. The highest BCUT2D eigenvalue weighted by Gasteiger charge is 2.27. The van der Waals surface area contributed by atoms with Crippen LogP contribution in [0.4, 0.5) is 4.39 Å². The van der Waals surface area contributed by atoms with Gasteiger partial charge in [-0.2, -0.15) is 4.98 Å². The molecule has 0 spiro atoms. The minimum atomic E-state index is -0.472. The molecule has 2 aromatic heterocycles. The van der Waals surface area contributed by atoms with Crippen LogP contribution in [0.2, 0.25) is 5.02 Å². The second-order valence-electron chi connectivity index (χ2n) is 12.8. The summed E-state index contributed by atoms with van der Waals surface area (Å²) in [5, 5.41) is 4.58. The summed E-state index contributed by atoms with van der Waals surface area (Å²) in [7, 11) is 0. The highest BCUT2D eigenvalue weighted by atomic mass is 35.5. The van der Waals surface area contributed by atoms with E-state index in [2.05, 4.69) is 39.3 Å². The van der Waals surface area contributed by atoms with Crippen LogP contribution in [0.25, 0.3) is 28.0 Å². The number of nitrogens with zero attached hydrogens (tertiary/aromatic N) is 3. The van der Waals surface area contributed by atoms with Crippen LogP contribution < -0.4 is 16.7 Å². The molecule has 1 aliphatic heterocycles. The van der Waals surface area contributed by atoms with Gasteiger partial charge in [-0.1, -0.05) is 43.5 Å². The summed E-state index contributed by atoms with van der Waals surface area (Å²) in [6.07, 6.45) is 11.8.